The molecule has 1 fully saturated rings. The van der Waals surface area contributed by atoms with E-state index in [2.05, 4.69) is 10.3 Å². The average Bonchev–Trinajstić information content (AvgIpc) is 3.11. The number of benzene rings is 1. The van der Waals surface area contributed by atoms with E-state index in [0.717, 1.165) is 23.8 Å². The van der Waals surface area contributed by atoms with Crippen LogP contribution in [0.2, 0.25) is 0 Å². The molecule has 1 saturated carbocycles. The fourth-order valence-electron chi connectivity index (χ4n) is 3.50. The van der Waals surface area contributed by atoms with Gasteiger partial charge in [-0.05, 0) is 37.8 Å². The van der Waals surface area contributed by atoms with Gasteiger partial charge < -0.3 is 11.1 Å². The van der Waals surface area contributed by atoms with Crippen molar-refractivity contribution in [2.24, 2.45) is 11.7 Å². The Balaban J connectivity index is 1.77. The number of hydrogen-bond acceptors (Lipinski definition) is 3. The minimum absolute atomic E-state index is 0.0525. The molecule has 1 aliphatic rings. The quantitative estimate of drug-likeness (QED) is 0.881. The number of rotatable bonds is 5. The number of amides is 1. The van der Waals surface area contributed by atoms with Crippen LogP contribution in [-0.4, -0.2) is 21.5 Å². The number of para-hydroxylation sites is 2. The molecular formula is C17H22F2N4O. The van der Waals surface area contributed by atoms with Gasteiger partial charge in [-0.25, -0.2) is 4.98 Å². The van der Waals surface area contributed by atoms with Crippen LogP contribution in [0.1, 0.15) is 51.0 Å². The van der Waals surface area contributed by atoms with Gasteiger partial charge in [0.25, 0.3) is 0 Å². The summed E-state index contributed by atoms with van der Waals surface area (Å²) in [4.78, 5) is 16.5. The van der Waals surface area contributed by atoms with Crippen molar-refractivity contribution in [3.63, 3.8) is 0 Å². The number of carbonyl (C=O) groups excluding carboxylic acids is 1. The van der Waals surface area contributed by atoms with Gasteiger partial charge in [-0.15, -0.1) is 0 Å². The second-order valence-corrected chi connectivity index (χ2v) is 6.45. The van der Waals surface area contributed by atoms with Gasteiger partial charge in [-0.2, -0.15) is 8.78 Å². The van der Waals surface area contributed by atoms with E-state index in [9.17, 15) is 13.6 Å². The van der Waals surface area contributed by atoms with Crippen LogP contribution in [0, 0.1) is 5.92 Å². The maximum absolute atomic E-state index is 13.5. The van der Waals surface area contributed by atoms with Gasteiger partial charge in [0, 0.05) is 12.5 Å². The molecule has 5 nitrogen and oxygen atoms in total. The summed E-state index contributed by atoms with van der Waals surface area (Å²) in [5, 5.41) is 2.79. The molecule has 24 heavy (non-hydrogen) atoms. The SMILES string of the molecule is CC(NC(=O)C[C@@H]1CCC[C@H]1N)c1nc2ccccc2n1C(F)F. The second-order valence-electron chi connectivity index (χ2n) is 6.45. The zero-order chi connectivity index (χ0) is 17.3. The zero-order valence-electron chi connectivity index (χ0n) is 13.6. The third-order valence-corrected chi connectivity index (χ3v) is 4.75. The Morgan fingerprint density at radius 3 is 2.83 bits per heavy atom. The van der Waals surface area contributed by atoms with E-state index in [1.54, 1.807) is 31.2 Å². The highest BCUT2D eigenvalue weighted by molar-refractivity contribution is 5.78. The van der Waals surface area contributed by atoms with Gasteiger partial charge in [-0.1, -0.05) is 18.6 Å². The molecule has 0 bridgehead atoms. The van der Waals surface area contributed by atoms with Crippen molar-refractivity contribution in [3.8, 4) is 0 Å². The van der Waals surface area contributed by atoms with Crippen molar-refractivity contribution >= 4 is 16.9 Å². The predicted octanol–water partition coefficient (Wildman–Crippen LogP) is 3.13. The molecule has 1 heterocycles. The summed E-state index contributed by atoms with van der Waals surface area (Å²) in [5.74, 6) is 0.166. The summed E-state index contributed by atoms with van der Waals surface area (Å²) >= 11 is 0. The van der Waals surface area contributed by atoms with Gasteiger partial charge in [0.15, 0.2) is 0 Å². The molecule has 0 spiro atoms. The van der Waals surface area contributed by atoms with Gasteiger partial charge in [0.05, 0.1) is 17.1 Å². The summed E-state index contributed by atoms with van der Waals surface area (Å²) in [5.41, 5.74) is 6.84. The lowest BCUT2D eigenvalue weighted by atomic mass is 10.00. The molecule has 3 rings (SSSR count). The smallest absolute Gasteiger partial charge is 0.320 e. The normalized spacial score (nSPS) is 22.2. The van der Waals surface area contributed by atoms with Crippen LogP contribution in [-0.2, 0) is 4.79 Å². The van der Waals surface area contributed by atoms with E-state index in [0.29, 0.717) is 17.5 Å². The summed E-state index contributed by atoms with van der Waals surface area (Å²) in [7, 11) is 0. The van der Waals surface area contributed by atoms with Crippen LogP contribution in [0.25, 0.3) is 11.0 Å². The first-order chi connectivity index (χ1) is 11.5. The first kappa shape index (κ1) is 16.8. The number of nitrogens with two attached hydrogens (primary N) is 1. The fourth-order valence-corrected chi connectivity index (χ4v) is 3.50. The van der Waals surface area contributed by atoms with E-state index in [1.165, 1.54) is 0 Å². The molecule has 3 N–H and O–H groups in total. The molecule has 7 heteroatoms. The molecular weight excluding hydrogens is 314 g/mol. The minimum Gasteiger partial charge on any atom is -0.346 e. The Morgan fingerprint density at radius 1 is 1.42 bits per heavy atom. The number of alkyl halides is 2. The maximum atomic E-state index is 13.5. The lowest BCUT2D eigenvalue weighted by molar-refractivity contribution is -0.122. The van der Waals surface area contributed by atoms with Gasteiger partial charge in [0.1, 0.15) is 5.82 Å². The van der Waals surface area contributed by atoms with Crippen LogP contribution in [0.15, 0.2) is 24.3 Å². The zero-order valence-corrected chi connectivity index (χ0v) is 13.6. The topological polar surface area (TPSA) is 72.9 Å². The standard InChI is InChI=1S/C17H22F2N4O/c1-10(21-15(24)9-11-5-4-6-12(11)20)16-22-13-7-2-3-8-14(13)23(16)17(18)19/h2-3,7-8,10-12,17H,4-6,9,20H2,1H3,(H,21,24)/t10?,11-,12+/m0/s1. The highest BCUT2D eigenvalue weighted by Crippen LogP contribution is 2.28. The van der Waals surface area contributed by atoms with Crippen LogP contribution in [0.4, 0.5) is 8.78 Å². The highest BCUT2D eigenvalue weighted by atomic mass is 19.3. The van der Waals surface area contributed by atoms with E-state index in [1.807, 2.05) is 0 Å². The lowest BCUT2D eigenvalue weighted by Crippen LogP contribution is -2.33. The number of carbonyl (C=O) groups is 1. The number of aromatic nitrogens is 2. The van der Waals surface area contributed by atoms with E-state index in [4.69, 9.17) is 5.73 Å². The van der Waals surface area contributed by atoms with Crippen molar-refractivity contribution in [1.29, 1.82) is 0 Å². The Labute approximate surface area is 139 Å². The van der Waals surface area contributed by atoms with E-state index in [-0.39, 0.29) is 23.7 Å². The molecule has 130 valence electrons. The Morgan fingerprint density at radius 2 is 2.17 bits per heavy atom. The second kappa shape index (κ2) is 6.84. The summed E-state index contributed by atoms with van der Waals surface area (Å²) in [6.07, 6.45) is 3.25. The first-order valence-electron chi connectivity index (χ1n) is 8.27. The number of hydrogen-bond donors (Lipinski definition) is 2. The first-order valence-corrected chi connectivity index (χ1v) is 8.27. The van der Waals surface area contributed by atoms with Crippen LogP contribution < -0.4 is 11.1 Å². The molecule has 1 aromatic heterocycles. The van der Waals surface area contributed by atoms with Gasteiger partial charge in [0.2, 0.25) is 5.91 Å². The van der Waals surface area contributed by atoms with Crippen LogP contribution in [0.5, 0.6) is 0 Å². The lowest BCUT2D eigenvalue weighted by Gasteiger charge is -2.19. The third kappa shape index (κ3) is 3.26. The number of nitrogens with one attached hydrogen (secondary N) is 1. The highest BCUT2D eigenvalue weighted by Gasteiger charge is 2.28. The van der Waals surface area contributed by atoms with Gasteiger partial charge in [-0.3, -0.25) is 9.36 Å². The number of nitrogens with zero attached hydrogens (tertiary/aromatic N) is 2. The Hall–Kier alpha value is -2.02. The predicted molar refractivity (Wildman–Crippen MR) is 87.5 cm³/mol. The number of fused-ring (bicyclic) bond motifs is 1. The van der Waals surface area contributed by atoms with E-state index < -0.39 is 12.6 Å². The van der Waals surface area contributed by atoms with E-state index >= 15 is 0 Å². The van der Waals surface area contributed by atoms with Crippen molar-refractivity contribution in [3.05, 3.63) is 30.1 Å². The molecule has 2 aromatic rings. The summed E-state index contributed by atoms with van der Waals surface area (Å²) in [6, 6.07) is 6.18. The molecule has 3 atom stereocenters. The Kier molecular flexibility index (Phi) is 4.80. The summed E-state index contributed by atoms with van der Waals surface area (Å²) < 4.78 is 27.8. The maximum Gasteiger partial charge on any atom is 0.320 e. The molecule has 1 unspecified atom stereocenters. The Bertz CT molecular complexity index is 730. The molecule has 1 amide bonds. The van der Waals surface area contributed by atoms with Crippen LogP contribution >= 0.6 is 0 Å². The van der Waals surface area contributed by atoms with Gasteiger partial charge >= 0.3 is 6.55 Å². The van der Waals surface area contributed by atoms with Crippen molar-refractivity contribution < 1.29 is 13.6 Å². The van der Waals surface area contributed by atoms with Crippen molar-refractivity contribution in [2.45, 2.75) is 51.2 Å². The number of halogens is 2. The molecule has 0 saturated heterocycles. The summed E-state index contributed by atoms with van der Waals surface area (Å²) in [6.45, 7) is -1.04. The van der Waals surface area contributed by atoms with Crippen molar-refractivity contribution in [2.75, 3.05) is 0 Å². The molecule has 1 aliphatic carbocycles. The average molecular weight is 336 g/mol. The largest absolute Gasteiger partial charge is 0.346 e. The number of imidazole rings is 1. The molecule has 1 aromatic carbocycles. The molecule has 0 radical (unpaired) electrons. The minimum atomic E-state index is -2.71. The third-order valence-electron chi connectivity index (χ3n) is 4.75. The fraction of sp³-hybridized carbons (Fsp3) is 0.529. The van der Waals surface area contributed by atoms with Crippen LogP contribution in [0.3, 0.4) is 0 Å². The van der Waals surface area contributed by atoms with Crippen molar-refractivity contribution in [1.82, 2.24) is 14.9 Å². The molecule has 0 aliphatic heterocycles. The monoisotopic (exact) mass is 336 g/mol.